The molecule has 30 heavy (non-hydrogen) atoms. The van der Waals surface area contributed by atoms with E-state index in [0.29, 0.717) is 35.9 Å². The number of esters is 1. The van der Waals surface area contributed by atoms with Crippen molar-refractivity contribution in [2.24, 2.45) is 22.7 Å². The second-order valence-corrected chi connectivity index (χ2v) is 11.1. The molecule has 0 spiro atoms. The Morgan fingerprint density at radius 2 is 1.77 bits per heavy atom. The van der Waals surface area contributed by atoms with Crippen LogP contribution in [-0.2, 0) is 22.4 Å². The number of phenols is 1. The summed E-state index contributed by atoms with van der Waals surface area (Å²) in [6.45, 7) is 10.7. The van der Waals surface area contributed by atoms with E-state index in [1.54, 1.807) is 6.07 Å². The average molecular weight is 413 g/mol. The van der Waals surface area contributed by atoms with Crippen LogP contribution in [0.15, 0.2) is 6.07 Å². The van der Waals surface area contributed by atoms with Crippen LogP contribution in [-0.4, -0.2) is 28.6 Å². The first-order chi connectivity index (χ1) is 14.0. The Morgan fingerprint density at radius 3 is 2.50 bits per heavy atom. The van der Waals surface area contributed by atoms with Gasteiger partial charge >= 0.3 is 5.97 Å². The number of phenolic OH excluding ortho intramolecular Hbond substituents is 1. The first kappa shape index (κ1) is 19.9. The first-order valence-corrected chi connectivity index (χ1v) is 11.3. The fourth-order valence-electron chi connectivity index (χ4n) is 7.41. The van der Waals surface area contributed by atoms with Crippen molar-refractivity contribution in [2.45, 2.75) is 84.8 Å². The van der Waals surface area contributed by atoms with Gasteiger partial charge in [0.1, 0.15) is 34.6 Å². The number of cyclic esters (lactones) is 1. The van der Waals surface area contributed by atoms with Gasteiger partial charge in [0.05, 0.1) is 0 Å². The standard InChI is InChI=1S/C25H32O5/c1-13-10-15-14-11-19-24(4)8-7-20(27)23(2,3)18(24)6-9-25(19,5)30-17(14)12-16(26)21(15)22(28)29-13/h12-13,18-19,26H,6-11H2,1-5H3/t13-,18+,19+,24+,25+/m1/s1. The summed E-state index contributed by atoms with van der Waals surface area (Å²) in [6, 6.07) is 1.61. The Morgan fingerprint density at radius 1 is 1.03 bits per heavy atom. The Bertz CT molecular complexity index is 963. The van der Waals surface area contributed by atoms with Crippen LogP contribution >= 0.6 is 0 Å². The van der Waals surface area contributed by atoms with Crippen LogP contribution in [0.1, 0.15) is 81.8 Å². The van der Waals surface area contributed by atoms with Gasteiger partial charge in [-0.1, -0.05) is 20.8 Å². The highest BCUT2D eigenvalue weighted by molar-refractivity contribution is 5.96. The molecule has 2 heterocycles. The number of Topliss-reactive ketones (excluding diaryl/α,β-unsaturated/α-hetero) is 1. The molecule has 5 heteroatoms. The predicted octanol–water partition coefficient (Wildman–Crippen LogP) is 4.61. The maximum absolute atomic E-state index is 12.7. The number of carbonyl (C=O) groups excluding carboxylic acids is 2. The smallest absolute Gasteiger partial charge is 0.342 e. The van der Waals surface area contributed by atoms with Crippen LogP contribution in [0, 0.1) is 22.7 Å². The normalized spacial score (nSPS) is 39.0. The summed E-state index contributed by atoms with van der Waals surface area (Å²) in [6.07, 6.45) is 4.56. The summed E-state index contributed by atoms with van der Waals surface area (Å²) in [5.74, 6) is 1.17. The van der Waals surface area contributed by atoms with E-state index < -0.39 is 5.97 Å². The van der Waals surface area contributed by atoms with Crippen molar-refractivity contribution in [2.75, 3.05) is 0 Å². The minimum atomic E-state index is -0.450. The van der Waals surface area contributed by atoms with Gasteiger partial charge in [-0.25, -0.2) is 4.79 Å². The minimum Gasteiger partial charge on any atom is -0.507 e. The van der Waals surface area contributed by atoms with Gasteiger partial charge in [-0.05, 0) is 62.0 Å². The molecule has 4 aliphatic rings. The van der Waals surface area contributed by atoms with Crippen LogP contribution in [0.3, 0.4) is 0 Å². The van der Waals surface area contributed by atoms with Gasteiger partial charge < -0.3 is 14.6 Å². The Hall–Kier alpha value is -2.04. The van der Waals surface area contributed by atoms with Crippen molar-refractivity contribution < 1.29 is 24.2 Å². The summed E-state index contributed by atoms with van der Waals surface area (Å²) < 4.78 is 12.0. The van der Waals surface area contributed by atoms with Crippen molar-refractivity contribution in [1.29, 1.82) is 0 Å². The maximum Gasteiger partial charge on any atom is 0.342 e. The van der Waals surface area contributed by atoms with Gasteiger partial charge in [-0.3, -0.25) is 4.79 Å². The lowest BCUT2D eigenvalue weighted by Gasteiger charge is -2.62. The van der Waals surface area contributed by atoms with Gasteiger partial charge in [-0.15, -0.1) is 0 Å². The zero-order valence-corrected chi connectivity index (χ0v) is 18.6. The fourth-order valence-corrected chi connectivity index (χ4v) is 7.41. The van der Waals surface area contributed by atoms with E-state index in [4.69, 9.17) is 9.47 Å². The zero-order valence-electron chi connectivity index (χ0n) is 18.6. The van der Waals surface area contributed by atoms with E-state index >= 15 is 0 Å². The Kier molecular flexibility index (Phi) is 3.99. The largest absolute Gasteiger partial charge is 0.507 e. The topological polar surface area (TPSA) is 72.8 Å². The molecule has 162 valence electrons. The van der Waals surface area contributed by atoms with Crippen molar-refractivity contribution in [3.63, 3.8) is 0 Å². The van der Waals surface area contributed by atoms with Crippen molar-refractivity contribution in [3.05, 3.63) is 22.8 Å². The SMILES string of the molecule is C[C@@H]1Cc2c3c(cc(O)c2C(=O)O1)O[C@@]1(C)CC[C@H]2C(C)(C)C(=O)CC[C@]2(C)[C@@H]1C3. The molecule has 5 nitrogen and oxygen atoms in total. The molecule has 0 aromatic heterocycles. The minimum absolute atomic E-state index is 0.00629. The molecule has 1 aromatic carbocycles. The van der Waals surface area contributed by atoms with Crippen molar-refractivity contribution in [1.82, 2.24) is 0 Å². The number of ketones is 1. The molecule has 2 saturated carbocycles. The summed E-state index contributed by atoms with van der Waals surface area (Å²) in [7, 11) is 0. The number of carbonyl (C=O) groups is 2. The molecular formula is C25H32O5. The van der Waals surface area contributed by atoms with Crippen LogP contribution in [0.2, 0.25) is 0 Å². The van der Waals surface area contributed by atoms with Gasteiger partial charge in [0.25, 0.3) is 0 Å². The third-order valence-electron chi connectivity index (χ3n) is 8.98. The highest BCUT2D eigenvalue weighted by Crippen LogP contribution is 2.64. The number of hydrogen-bond acceptors (Lipinski definition) is 5. The molecule has 0 saturated heterocycles. The molecule has 5 rings (SSSR count). The second kappa shape index (κ2) is 6.02. The van der Waals surface area contributed by atoms with Crippen LogP contribution in [0.5, 0.6) is 11.5 Å². The summed E-state index contributed by atoms with van der Waals surface area (Å²) >= 11 is 0. The van der Waals surface area contributed by atoms with E-state index in [-0.39, 0.29) is 34.2 Å². The first-order valence-electron chi connectivity index (χ1n) is 11.3. The van der Waals surface area contributed by atoms with Crippen LogP contribution in [0.4, 0.5) is 0 Å². The molecule has 0 bridgehead atoms. The molecule has 0 amide bonds. The Balaban J connectivity index is 1.64. The monoisotopic (exact) mass is 412 g/mol. The molecule has 2 aliphatic carbocycles. The molecule has 1 aromatic rings. The summed E-state index contributed by atoms with van der Waals surface area (Å²) in [5, 5.41) is 10.6. The molecular weight excluding hydrogens is 380 g/mol. The second-order valence-electron chi connectivity index (χ2n) is 11.1. The molecule has 0 radical (unpaired) electrons. The number of benzene rings is 1. The summed E-state index contributed by atoms with van der Waals surface area (Å²) in [5.41, 5.74) is 1.57. The lowest BCUT2D eigenvalue weighted by atomic mass is 9.44. The maximum atomic E-state index is 12.7. The highest BCUT2D eigenvalue weighted by Gasteiger charge is 2.62. The van der Waals surface area contributed by atoms with E-state index in [2.05, 4.69) is 27.7 Å². The van der Waals surface area contributed by atoms with Gasteiger partial charge in [0.15, 0.2) is 0 Å². The molecule has 2 aliphatic heterocycles. The summed E-state index contributed by atoms with van der Waals surface area (Å²) in [4.78, 5) is 25.2. The van der Waals surface area contributed by atoms with Crippen molar-refractivity contribution >= 4 is 11.8 Å². The number of fused-ring (bicyclic) bond motifs is 6. The number of rotatable bonds is 0. The van der Waals surface area contributed by atoms with Gasteiger partial charge in [0.2, 0.25) is 0 Å². The average Bonchev–Trinajstić information content (AvgIpc) is 2.63. The van der Waals surface area contributed by atoms with E-state index in [1.807, 2.05) is 6.92 Å². The molecule has 0 unspecified atom stereocenters. The highest BCUT2D eigenvalue weighted by atomic mass is 16.5. The molecule has 5 atom stereocenters. The zero-order chi connectivity index (χ0) is 21.6. The van der Waals surface area contributed by atoms with E-state index in [0.717, 1.165) is 36.8 Å². The predicted molar refractivity (Wildman–Crippen MR) is 112 cm³/mol. The van der Waals surface area contributed by atoms with Crippen LogP contribution in [0.25, 0.3) is 0 Å². The van der Waals surface area contributed by atoms with Crippen LogP contribution < -0.4 is 4.74 Å². The van der Waals surface area contributed by atoms with Crippen molar-refractivity contribution in [3.8, 4) is 11.5 Å². The number of aromatic hydroxyl groups is 1. The number of ether oxygens (including phenoxy) is 2. The third-order valence-corrected chi connectivity index (χ3v) is 8.98. The van der Waals surface area contributed by atoms with Gasteiger partial charge in [0, 0.05) is 30.2 Å². The van der Waals surface area contributed by atoms with E-state index in [1.165, 1.54) is 0 Å². The van der Waals surface area contributed by atoms with E-state index in [9.17, 15) is 14.7 Å². The van der Waals surface area contributed by atoms with Gasteiger partial charge in [-0.2, -0.15) is 0 Å². The fraction of sp³-hybridized carbons (Fsp3) is 0.680. The lowest BCUT2D eigenvalue weighted by molar-refractivity contribution is -0.173. The Labute approximate surface area is 178 Å². The molecule has 1 N–H and O–H groups in total. The quantitative estimate of drug-likeness (QED) is 0.630. The molecule has 2 fully saturated rings. The lowest BCUT2D eigenvalue weighted by Crippen LogP contribution is -2.63. The third kappa shape index (κ3) is 2.47. The number of hydrogen-bond donors (Lipinski definition) is 1.